The Kier molecular flexibility index (Phi) is 10.5. The lowest BCUT2D eigenvalue weighted by molar-refractivity contribution is -0.384. The molecule has 2 rings (SSSR count). The highest BCUT2D eigenvalue weighted by Gasteiger charge is 2.06. The average molecular weight is 408 g/mol. The lowest BCUT2D eigenvalue weighted by Crippen LogP contribution is -2.21. The van der Waals surface area contributed by atoms with E-state index in [4.69, 9.17) is 9.47 Å². The fourth-order valence-electron chi connectivity index (χ4n) is 2.43. The van der Waals surface area contributed by atoms with Gasteiger partial charge in [-0.2, -0.15) is 0 Å². The van der Waals surface area contributed by atoms with E-state index < -0.39 is 4.92 Å². The predicted octanol–water partition coefficient (Wildman–Crippen LogP) is 4.18. The fourth-order valence-corrected chi connectivity index (χ4v) is 2.43. The number of ether oxygens (including phenoxy) is 2. The van der Waals surface area contributed by atoms with Crippen molar-refractivity contribution in [1.82, 2.24) is 5.32 Å². The lowest BCUT2D eigenvalue weighted by Gasteiger charge is -2.13. The monoisotopic (exact) mass is 407 g/mol. The standard InChI is InChI=1S/C20H25N3O4.ClH/c1-3-13-27-19-10-5-16(14-20(19)26-4-2)15-21-11-12-22-17-6-8-18(9-7-17)23(24)25;/h3,5-10,14,21-22H,1,4,11-13,15H2,2H3;1H. The maximum atomic E-state index is 10.6. The van der Waals surface area contributed by atoms with Crippen LogP contribution < -0.4 is 20.1 Å². The Morgan fingerprint density at radius 3 is 2.50 bits per heavy atom. The van der Waals surface area contributed by atoms with Crippen molar-refractivity contribution < 1.29 is 14.4 Å². The summed E-state index contributed by atoms with van der Waals surface area (Å²) < 4.78 is 11.2. The molecule has 0 aliphatic heterocycles. The minimum atomic E-state index is -0.407. The normalized spacial score (nSPS) is 9.89. The van der Waals surface area contributed by atoms with Crippen molar-refractivity contribution in [3.8, 4) is 11.5 Å². The molecule has 0 aliphatic rings. The van der Waals surface area contributed by atoms with Gasteiger partial charge in [0.15, 0.2) is 11.5 Å². The number of nitro benzene ring substituents is 1. The number of nitrogens with one attached hydrogen (secondary N) is 2. The molecule has 0 spiro atoms. The SMILES string of the molecule is C=CCOc1ccc(CNCCNc2ccc([N+](=O)[O-])cc2)cc1OCC.Cl. The van der Waals surface area contributed by atoms with E-state index in [0.717, 1.165) is 23.5 Å². The van der Waals surface area contributed by atoms with E-state index in [0.29, 0.717) is 32.1 Å². The summed E-state index contributed by atoms with van der Waals surface area (Å²) in [5.41, 5.74) is 2.04. The number of non-ortho nitro benzene ring substituents is 1. The first-order valence-electron chi connectivity index (χ1n) is 8.82. The van der Waals surface area contributed by atoms with Gasteiger partial charge >= 0.3 is 0 Å². The highest BCUT2D eigenvalue weighted by molar-refractivity contribution is 5.85. The zero-order chi connectivity index (χ0) is 19.5. The largest absolute Gasteiger partial charge is 0.490 e. The van der Waals surface area contributed by atoms with Gasteiger partial charge in [-0.25, -0.2) is 0 Å². The fraction of sp³-hybridized carbons (Fsp3) is 0.300. The van der Waals surface area contributed by atoms with Crippen LogP contribution in [0.4, 0.5) is 11.4 Å². The van der Waals surface area contributed by atoms with Crippen LogP contribution in [0.2, 0.25) is 0 Å². The Balaban J connectivity index is 0.00000392. The Bertz CT molecular complexity index is 754. The second kappa shape index (κ2) is 12.6. The molecule has 0 radical (unpaired) electrons. The third-order valence-electron chi connectivity index (χ3n) is 3.70. The molecule has 0 aliphatic carbocycles. The first-order valence-corrected chi connectivity index (χ1v) is 8.82. The van der Waals surface area contributed by atoms with Crippen molar-refractivity contribution >= 4 is 23.8 Å². The highest BCUT2D eigenvalue weighted by Crippen LogP contribution is 2.28. The molecule has 2 aromatic rings. The van der Waals surface area contributed by atoms with E-state index in [9.17, 15) is 10.1 Å². The van der Waals surface area contributed by atoms with E-state index in [1.807, 2.05) is 25.1 Å². The van der Waals surface area contributed by atoms with Gasteiger partial charge in [0.05, 0.1) is 11.5 Å². The van der Waals surface area contributed by atoms with E-state index in [1.54, 1.807) is 18.2 Å². The van der Waals surface area contributed by atoms with Crippen LogP contribution in [0.15, 0.2) is 55.1 Å². The third-order valence-corrected chi connectivity index (χ3v) is 3.70. The van der Waals surface area contributed by atoms with Gasteiger partial charge in [0.1, 0.15) is 6.61 Å². The molecule has 0 saturated heterocycles. The molecule has 2 N–H and O–H groups in total. The van der Waals surface area contributed by atoms with E-state index in [2.05, 4.69) is 17.2 Å². The number of benzene rings is 2. The maximum absolute atomic E-state index is 10.6. The third kappa shape index (κ3) is 7.46. The molecule has 0 atom stereocenters. The molecular weight excluding hydrogens is 382 g/mol. The van der Waals surface area contributed by atoms with Gasteiger partial charge in [-0.05, 0) is 36.8 Å². The van der Waals surface area contributed by atoms with Crippen molar-refractivity contribution in [2.24, 2.45) is 0 Å². The quantitative estimate of drug-likeness (QED) is 0.237. The first kappa shape index (κ1) is 23.3. The van der Waals surface area contributed by atoms with Crippen LogP contribution in [0.5, 0.6) is 11.5 Å². The molecule has 0 heterocycles. The molecule has 0 unspecified atom stereocenters. The number of nitro groups is 1. The molecule has 2 aromatic carbocycles. The molecule has 7 nitrogen and oxygen atoms in total. The number of anilines is 1. The van der Waals surface area contributed by atoms with E-state index in [1.165, 1.54) is 12.1 Å². The maximum Gasteiger partial charge on any atom is 0.269 e. The minimum Gasteiger partial charge on any atom is -0.490 e. The smallest absolute Gasteiger partial charge is 0.269 e. The number of nitrogens with zero attached hydrogens (tertiary/aromatic N) is 1. The van der Waals surface area contributed by atoms with Crippen LogP contribution in [0.3, 0.4) is 0 Å². The summed E-state index contributed by atoms with van der Waals surface area (Å²) in [5.74, 6) is 1.43. The molecule has 0 amide bonds. The molecule has 0 bridgehead atoms. The molecule has 28 heavy (non-hydrogen) atoms. The van der Waals surface area contributed by atoms with Crippen LogP contribution >= 0.6 is 12.4 Å². The summed E-state index contributed by atoms with van der Waals surface area (Å²) in [7, 11) is 0. The molecule has 0 fully saturated rings. The molecular formula is C20H26ClN3O4. The van der Waals surface area contributed by atoms with Gasteiger partial charge in [-0.1, -0.05) is 18.7 Å². The molecule has 0 aromatic heterocycles. The van der Waals surface area contributed by atoms with Crippen LogP contribution in [0.1, 0.15) is 12.5 Å². The Morgan fingerprint density at radius 1 is 1.11 bits per heavy atom. The molecule has 8 heteroatoms. The number of hydrogen-bond acceptors (Lipinski definition) is 6. The topological polar surface area (TPSA) is 85.7 Å². The number of halogens is 1. The summed E-state index contributed by atoms with van der Waals surface area (Å²) in [5, 5.41) is 17.2. The van der Waals surface area contributed by atoms with Gasteiger partial charge < -0.3 is 20.1 Å². The predicted molar refractivity (Wildman–Crippen MR) is 114 cm³/mol. The van der Waals surface area contributed by atoms with Crippen molar-refractivity contribution in [2.45, 2.75) is 13.5 Å². The minimum absolute atomic E-state index is 0. The highest BCUT2D eigenvalue weighted by atomic mass is 35.5. The number of hydrogen-bond donors (Lipinski definition) is 2. The van der Waals surface area contributed by atoms with Crippen molar-refractivity contribution in [3.63, 3.8) is 0 Å². The first-order chi connectivity index (χ1) is 13.1. The van der Waals surface area contributed by atoms with Crippen LogP contribution in [-0.4, -0.2) is 31.2 Å². The van der Waals surface area contributed by atoms with Gasteiger partial charge in [-0.15, -0.1) is 12.4 Å². The Labute approximate surface area is 171 Å². The van der Waals surface area contributed by atoms with Crippen LogP contribution in [0, 0.1) is 10.1 Å². The molecule has 0 saturated carbocycles. The van der Waals surface area contributed by atoms with Gasteiger partial charge in [-0.3, -0.25) is 10.1 Å². The number of rotatable bonds is 12. The van der Waals surface area contributed by atoms with Crippen molar-refractivity contribution in [1.29, 1.82) is 0 Å². The summed E-state index contributed by atoms with van der Waals surface area (Å²) in [6.07, 6.45) is 1.70. The summed E-state index contributed by atoms with van der Waals surface area (Å²) >= 11 is 0. The Hall–Kier alpha value is -2.77. The lowest BCUT2D eigenvalue weighted by atomic mass is 10.2. The second-order valence-electron chi connectivity index (χ2n) is 5.72. The molecule has 152 valence electrons. The van der Waals surface area contributed by atoms with E-state index >= 15 is 0 Å². The summed E-state index contributed by atoms with van der Waals surface area (Å²) in [4.78, 5) is 10.2. The zero-order valence-electron chi connectivity index (χ0n) is 15.8. The Morgan fingerprint density at radius 2 is 1.86 bits per heavy atom. The van der Waals surface area contributed by atoms with Gasteiger partial charge in [0.2, 0.25) is 0 Å². The van der Waals surface area contributed by atoms with Crippen molar-refractivity contribution in [3.05, 3.63) is 70.8 Å². The van der Waals surface area contributed by atoms with Crippen LogP contribution in [0.25, 0.3) is 0 Å². The van der Waals surface area contributed by atoms with Gasteiger partial charge in [0.25, 0.3) is 5.69 Å². The zero-order valence-corrected chi connectivity index (χ0v) is 16.7. The summed E-state index contributed by atoms with van der Waals surface area (Å²) in [6.45, 7) is 8.74. The van der Waals surface area contributed by atoms with Crippen molar-refractivity contribution in [2.75, 3.05) is 31.6 Å². The average Bonchev–Trinajstić information content (AvgIpc) is 2.67. The summed E-state index contributed by atoms with van der Waals surface area (Å²) in [6, 6.07) is 12.3. The second-order valence-corrected chi connectivity index (χ2v) is 5.72. The van der Waals surface area contributed by atoms with E-state index in [-0.39, 0.29) is 18.1 Å². The van der Waals surface area contributed by atoms with Gasteiger partial charge in [0, 0.05) is 37.5 Å². The van der Waals surface area contributed by atoms with Crippen LogP contribution in [-0.2, 0) is 6.54 Å².